The molecule has 1 aliphatic rings. The van der Waals surface area contributed by atoms with Crippen molar-refractivity contribution in [3.8, 4) is 0 Å². The van der Waals surface area contributed by atoms with Gasteiger partial charge in [0.25, 0.3) is 0 Å². The average Bonchev–Trinajstić information content (AvgIpc) is 3.21. The van der Waals surface area contributed by atoms with Gasteiger partial charge in [0.2, 0.25) is 5.96 Å². The number of nitrogen functional groups attached to an aromatic ring is 1. The Morgan fingerprint density at radius 3 is 2.58 bits per heavy atom. The summed E-state index contributed by atoms with van der Waals surface area (Å²) < 4.78 is 0. The van der Waals surface area contributed by atoms with E-state index in [0.29, 0.717) is 11.6 Å². The maximum Gasteiger partial charge on any atom is 0.343 e. The predicted molar refractivity (Wildman–Crippen MR) is 77.0 cm³/mol. The van der Waals surface area contributed by atoms with E-state index in [9.17, 15) is 4.79 Å². The summed E-state index contributed by atoms with van der Waals surface area (Å²) in [6.45, 7) is 0.774. The van der Waals surface area contributed by atoms with Gasteiger partial charge in [-0.1, -0.05) is 0 Å². The molecular formula is C13H19N5O. The number of carbonyl (C=O) groups excluding carboxylic acids is 1. The molecule has 1 fully saturated rings. The summed E-state index contributed by atoms with van der Waals surface area (Å²) in [5, 5.41) is 2.43. The van der Waals surface area contributed by atoms with Crippen LogP contribution < -0.4 is 21.7 Å². The Labute approximate surface area is 112 Å². The third-order valence-corrected chi connectivity index (χ3v) is 3.05. The summed E-state index contributed by atoms with van der Waals surface area (Å²) in [5.41, 5.74) is 13.2. The molecule has 1 aliphatic carbocycles. The Kier molecular flexibility index (Phi) is 3.89. The van der Waals surface area contributed by atoms with Gasteiger partial charge in [-0.2, -0.15) is 4.99 Å². The lowest BCUT2D eigenvalue weighted by Crippen LogP contribution is -2.40. The topological polar surface area (TPSA) is 96.7 Å². The molecule has 19 heavy (non-hydrogen) atoms. The van der Waals surface area contributed by atoms with Crippen molar-refractivity contribution >= 4 is 23.4 Å². The van der Waals surface area contributed by atoms with E-state index in [4.69, 9.17) is 11.5 Å². The smallest absolute Gasteiger partial charge is 0.343 e. The van der Waals surface area contributed by atoms with Crippen LogP contribution in [0.1, 0.15) is 12.8 Å². The van der Waals surface area contributed by atoms with Crippen molar-refractivity contribution in [2.45, 2.75) is 12.8 Å². The maximum absolute atomic E-state index is 11.3. The van der Waals surface area contributed by atoms with E-state index in [1.165, 1.54) is 19.9 Å². The molecule has 0 unspecified atom stereocenters. The van der Waals surface area contributed by atoms with Gasteiger partial charge in [-0.05, 0) is 43.0 Å². The van der Waals surface area contributed by atoms with Crippen molar-refractivity contribution in [1.29, 1.82) is 0 Å². The third-order valence-electron chi connectivity index (χ3n) is 3.05. The number of guanidine groups is 1. The summed E-state index contributed by atoms with van der Waals surface area (Å²) in [4.78, 5) is 17.0. The second kappa shape index (κ2) is 5.60. The lowest BCUT2D eigenvalue weighted by atomic mass is 10.2. The van der Waals surface area contributed by atoms with Crippen LogP contribution in [-0.4, -0.2) is 25.6 Å². The second-order valence-electron chi connectivity index (χ2n) is 4.67. The van der Waals surface area contributed by atoms with E-state index in [-0.39, 0.29) is 5.96 Å². The molecule has 1 aromatic rings. The van der Waals surface area contributed by atoms with E-state index in [1.807, 2.05) is 29.2 Å². The summed E-state index contributed by atoms with van der Waals surface area (Å²) >= 11 is 0. The zero-order chi connectivity index (χ0) is 13.8. The highest BCUT2D eigenvalue weighted by Crippen LogP contribution is 2.31. The molecule has 0 radical (unpaired) electrons. The fourth-order valence-electron chi connectivity index (χ4n) is 1.76. The number of hydrogen-bond acceptors (Lipinski definition) is 2. The van der Waals surface area contributed by atoms with Gasteiger partial charge in [-0.3, -0.25) is 0 Å². The van der Waals surface area contributed by atoms with Crippen LogP contribution in [0.25, 0.3) is 0 Å². The minimum Gasteiger partial charge on any atom is -0.399 e. The number of amides is 2. The SMILES string of the molecule is CNC(=O)N=C(N)N(CC1CC1)c1ccc(N)cc1. The van der Waals surface area contributed by atoms with Crippen LogP contribution in [0.4, 0.5) is 16.2 Å². The van der Waals surface area contributed by atoms with Gasteiger partial charge < -0.3 is 21.7 Å². The number of hydrogen-bond donors (Lipinski definition) is 3. The van der Waals surface area contributed by atoms with Crippen molar-refractivity contribution < 1.29 is 4.79 Å². The number of benzene rings is 1. The number of nitrogens with zero attached hydrogens (tertiary/aromatic N) is 2. The van der Waals surface area contributed by atoms with Gasteiger partial charge >= 0.3 is 6.03 Å². The first-order chi connectivity index (χ1) is 9.10. The quantitative estimate of drug-likeness (QED) is 0.432. The van der Waals surface area contributed by atoms with Gasteiger partial charge in [0.1, 0.15) is 0 Å². The first kappa shape index (κ1) is 13.2. The van der Waals surface area contributed by atoms with Crippen LogP contribution in [0.3, 0.4) is 0 Å². The molecule has 0 bridgehead atoms. The van der Waals surface area contributed by atoms with Crippen LogP contribution in [0.5, 0.6) is 0 Å². The molecule has 0 aromatic heterocycles. The molecule has 6 nitrogen and oxygen atoms in total. The lowest BCUT2D eigenvalue weighted by molar-refractivity contribution is 0.251. The fraction of sp³-hybridized carbons (Fsp3) is 0.385. The molecular weight excluding hydrogens is 242 g/mol. The number of nitrogens with two attached hydrogens (primary N) is 2. The lowest BCUT2D eigenvalue weighted by Gasteiger charge is -2.23. The minimum absolute atomic E-state index is 0.205. The van der Waals surface area contributed by atoms with Crippen LogP contribution in [0, 0.1) is 5.92 Å². The van der Waals surface area contributed by atoms with Crippen LogP contribution in [0.15, 0.2) is 29.3 Å². The van der Waals surface area contributed by atoms with Crippen LogP contribution in [-0.2, 0) is 0 Å². The van der Waals surface area contributed by atoms with Gasteiger partial charge in [-0.25, -0.2) is 4.79 Å². The fourth-order valence-corrected chi connectivity index (χ4v) is 1.76. The normalized spacial score (nSPS) is 15.1. The Balaban J connectivity index is 2.21. The molecule has 1 aromatic carbocycles. The highest BCUT2D eigenvalue weighted by atomic mass is 16.2. The van der Waals surface area contributed by atoms with Gasteiger partial charge in [0.15, 0.2) is 0 Å². The number of carbonyl (C=O) groups is 1. The number of nitrogens with one attached hydrogen (secondary N) is 1. The summed E-state index contributed by atoms with van der Waals surface area (Å²) in [7, 11) is 1.52. The van der Waals surface area contributed by atoms with Gasteiger partial charge in [0, 0.05) is 25.0 Å². The number of rotatable bonds is 3. The van der Waals surface area contributed by atoms with Crippen LogP contribution in [0.2, 0.25) is 0 Å². The summed E-state index contributed by atoms with van der Waals surface area (Å²) in [6, 6.07) is 6.92. The van der Waals surface area contributed by atoms with E-state index in [1.54, 1.807) is 0 Å². The van der Waals surface area contributed by atoms with Gasteiger partial charge in [0.05, 0.1) is 0 Å². The summed E-state index contributed by atoms with van der Waals surface area (Å²) in [5.74, 6) is 0.826. The van der Waals surface area contributed by atoms with Crippen molar-refractivity contribution in [2.75, 3.05) is 24.2 Å². The van der Waals surface area contributed by atoms with E-state index >= 15 is 0 Å². The molecule has 5 N–H and O–H groups in total. The Morgan fingerprint density at radius 2 is 2.05 bits per heavy atom. The molecule has 0 spiro atoms. The Morgan fingerprint density at radius 1 is 1.42 bits per heavy atom. The minimum atomic E-state index is -0.450. The van der Waals surface area contributed by atoms with E-state index in [2.05, 4.69) is 10.3 Å². The second-order valence-corrected chi connectivity index (χ2v) is 4.67. The van der Waals surface area contributed by atoms with Gasteiger partial charge in [-0.15, -0.1) is 0 Å². The zero-order valence-electron chi connectivity index (χ0n) is 11.0. The first-order valence-corrected chi connectivity index (χ1v) is 6.29. The van der Waals surface area contributed by atoms with Crippen molar-refractivity contribution in [1.82, 2.24) is 5.32 Å². The van der Waals surface area contributed by atoms with Crippen molar-refractivity contribution in [3.05, 3.63) is 24.3 Å². The molecule has 0 aliphatic heterocycles. The first-order valence-electron chi connectivity index (χ1n) is 6.29. The number of aliphatic imine (C=N–C) groups is 1. The molecule has 102 valence electrons. The number of urea groups is 1. The van der Waals surface area contributed by atoms with Crippen LogP contribution >= 0.6 is 0 Å². The highest BCUT2D eigenvalue weighted by molar-refractivity contribution is 6.01. The Hall–Kier alpha value is -2.24. The van der Waals surface area contributed by atoms with E-state index in [0.717, 1.165) is 12.2 Å². The molecule has 0 atom stereocenters. The largest absolute Gasteiger partial charge is 0.399 e. The number of anilines is 2. The predicted octanol–water partition coefficient (Wildman–Crippen LogP) is 1.14. The summed E-state index contributed by atoms with van der Waals surface area (Å²) in [6.07, 6.45) is 2.39. The average molecular weight is 261 g/mol. The standard InChI is InChI=1S/C13H19N5O/c1-16-13(19)17-12(15)18(8-9-2-3-9)11-6-4-10(14)5-7-11/h4-7,9H,2-3,8,14H2,1H3,(H3,15,16,17,19). The van der Waals surface area contributed by atoms with E-state index < -0.39 is 6.03 Å². The molecule has 2 amide bonds. The molecule has 1 saturated carbocycles. The van der Waals surface area contributed by atoms with Crippen molar-refractivity contribution in [3.63, 3.8) is 0 Å². The molecule has 0 saturated heterocycles. The zero-order valence-corrected chi connectivity index (χ0v) is 11.0. The highest BCUT2D eigenvalue weighted by Gasteiger charge is 2.26. The maximum atomic E-state index is 11.3. The third kappa shape index (κ3) is 3.61. The van der Waals surface area contributed by atoms with Crippen molar-refractivity contribution in [2.24, 2.45) is 16.6 Å². The Bertz CT molecular complexity index is 478. The molecule has 6 heteroatoms. The molecule has 0 heterocycles. The monoisotopic (exact) mass is 261 g/mol. The molecule has 2 rings (SSSR count).